The molecule has 0 spiro atoms. The second-order valence-electron chi connectivity index (χ2n) is 3.52. The number of nitriles is 1. The van der Waals surface area contributed by atoms with Gasteiger partial charge in [-0.05, 0) is 12.1 Å². The van der Waals surface area contributed by atoms with Crippen molar-refractivity contribution in [3.63, 3.8) is 0 Å². The molecule has 0 fully saturated rings. The van der Waals surface area contributed by atoms with E-state index in [0.29, 0.717) is 0 Å². The molecule has 0 aliphatic heterocycles. The fraction of sp³-hybridized carbons (Fsp3) is 0.0714. The number of para-hydroxylation sites is 1. The zero-order valence-electron chi connectivity index (χ0n) is 9.54. The lowest BCUT2D eigenvalue weighted by molar-refractivity contribution is -0.136. The van der Waals surface area contributed by atoms with Crippen LogP contribution in [0.25, 0.3) is 17.0 Å². The molecule has 0 bridgehead atoms. The van der Waals surface area contributed by atoms with Crippen LogP contribution >= 0.6 is 0 Å². The minimum Gasteiger partial charge on any atom is -0.447 e. The maximum absolute atomic E-state index is 11.2. The van der Waals surface area contributed by atoms with Crippen LogP contribution in [0.15, 0.2) is 42.6 Å². The van der Waals surface area contributed by atoms with E-state index in [0.717, 1.165) is 16.5 Å². The summed E-state index contributed by atoms with van der Waals surface area (Å²) in [5.74, 6) is -0.538. The first-order valence-electron chi connectivity index (χ1n) is 5.37. The van der Waals surface area contributed by atoms with Crippen molar-refractivity contribution in [3.05, 3.63) is 48.2 Å². The lowest BCUT2D eigenvalue weighted by atomic mass is 10.1. The number of hydrogen-bond acceptors (Lipinski definition) is 4. The quantitative estimate of drug-likeness (QED) is 0.608. The predicted octanol–water partition coefficient (Wildman–Crippen LogP) is 2.31. The zero-order chi connectivity index (χ0) is 12.8. The number of aromatic nitrogens is 1. The zero-order valence-corrected chi connectivity index (χ0v) is 9.54. The van der Waals surface area contributed by atoms with Gasteiger partial charge in [-0.3, -0.25) is 4.98 Å². The largest absolute Gasteiger partial charge is 0.447 e. The maximum Gasteiger partial charge on any atom is 0.331 e. The summed E-state index contributed by atoms with van der Waals surface area (Å²) in [4.78, 5) is 15.5. The molecule has 0 saturated heterocycles. The highest BCUT2D eigenvalue weighted by Crippen LogP contribution is 2.16. The van der Waals surface area contributed by atoms with Gasteiger partial charge in [-0.2, -0.15) is 5.26 Å². The van der Waals surface area contributed by atoms with Crippen LogP contribution < -0.4 is 0 Å². The third kappa shape index (κ3) is 2.71. The summed E-state index contributed by atoms with van der Waals surface area (Å²) < 4.78 is 4.62. The number of ether oxygens (including phenoxy) is 1. The minimum atomic E-state index is -0.538. The van der Waals surface area contributed by atoms with Crippen molar-refractivity contribution in [3.8, 4) is 6.07 Å². The highest BCUT2D eigenvalue weighted by molar-refractivity contribution is 5.92. The molecule has 88 valence electrons. The van der Waals surface area contributed by atoms with Gasteiger partial charge in [0.1, 0.15) is 6.07 Å². The Morgan fingerprint density at radius 1 is 1.39 bits per heavy atom. The number of carbonyl (C=O) groups excluding carboxylic acids is 1. The molecule has 0 unspecified atom stereocenters. The van der Waals surface area contributed by atoms with Gasteiger partial charge < -0.3 is 4.74 Å². The van der Waals surface area contributed by atoms with Crippen molar-refractivity contribution in [2.75, 3.05) is 6.61 Å². The van der Waals surface area contributed by atoms with Crippen LogP contribution in [-0.4, -0.2) is 17.6 Å². The van der Waals surface area contributed by atoms with Crippen molar-refractivity contribution in [1.82, 2.24) is 4.98 Å². The van der Waals surface area contributed by atoms with E-state index in [1.165, 1.54) is 6.08 Å². The topological polar surface area (TPSA) is 63.0 Å². The van der Waals surface area contributed by atoms with E-state index >= 15 is 0 Å². The van der Waals surface area contributed by atoms with Crippen molar-refractivity contribution in [1.29, 1.82) is 5.26 Å². The maximum atomic E-state index is 11.2. The normalized spacial score (nSPS) is 10.4. The number of esters is 1. The van der Waals surface area contributed by atoms with Gasteiger partial charge in [-0.1, -0.05) is 24.3 Å². The average molecular weight is 238 g/mol. The van der Waals surface area contributed by atoms with Gasteiger partial charge in [0, 0.05) is 23.2 Å². The second kappa shape index (κ2) is 5.60. The van der Waals surface area contributed by atoms with Crippen LogP contribution in [0.4, 0.5) is 0 Å². The molecule has 0 atom stereocenters. The van der Waals surface area contributed by atoms with E-state index in [1.807, 2.05) is 30.3 Å². The lowest BCUT2D eigenvalue weighted by Gasteiger charge is -2.00. The fourth-order valence-electron chi connectivity index (χ4n) is 1.57. The summed E-state index contributed by atoms with van der Waals surface area (Å²) in [7, 11) is 0. The van der Waals surface area contributed by atoms with Crippen molar-refractivity contribution in [2.45, 2.75) is 0 Å². The average Bonchev–Trinajstić information content (AvgIpc) is 2.42. The van der Waals surface area contributed by atoms with E-state index < -0.39 is 5.97 Å². The lowest BCUT2D eigenvalue weighted by Crippen LogP contribution is -1.99. The first-order valence-corrected chi connectivity index (χ1v) is 5.37. The van der Waals surface area contributed by atoms with E-state index in [9.17, 15) is 4.79 Å². The first kappa shape index (κ1) is 11.8. The Kier molecular flexibility index (Phi) is 3.67. The minimum absolute atomic E-state index is 0.239. The third-order valence-corrected chi connectivity index (χ3v) is 2.34. The molecule has 0 aliphatic carbocycles. The summed E-state index contributed by atoms with van der Waals surface area (Å²) in [6.07, 6.45) is 4.63. The number of hydrogen-bond donors (Lipinski definition) is 0. The van der Waals surface area contributed by atoms with Crippen LogP contribution in [0.1, 0.15) is 5.56 Å². The monoisotopic (exact) mass is 238 g/mol. The Labute approximate surface area is 104 Å². The van der Waals surface area contributed by atoms with E-state index in [-0.39, 0.29) is 6.61 Å². The predicted molar refractivity (Wildman–Crippen MR) is 67.3 cm³/mol. The van der Waals surface area contributed by atoms with Crippen LogP contribution in [0.3, 0.4) is 0 Å². The van der Waals surface area contributed by atoms with Crippen LogP contribution in [0, 0.1) is 11.3 Å². The van der Waals surface area contributed by atoms with Crippen molar-refractivity contribution >= 4 is 22.9 Å². The highest BCUT2D eigenvalue weighted by atomic mass is 16.5. The van der Waals surface area contributed by atoms with Crippen molar-refractivity contribution in [2.24, 2.45) is 0 Å². The Morgan fingerprint density at radius 3 is 3.06 bits per heavy atom. The van der Waals surface area contributed by atoms with Gasteiger partial charge in [0.25, 0.3) is 0 Å². The molecule has 1 aromatic carbocycles. The molecule has 1 aromatic heterocycles. The van der Waals surface area contributed by atoms with Crippen LogP contribution in [0.5, 0.6) is 0 Å². The molecule has 4 nitrogen and oxygen atoms in total. The Hall–Kier alpha value is -2.67. The molecule has 4 heteroatoms. The molecule has 18 heavy (non-hydrogen) atoms. The Balaban J connectivity index is 2.24. The number of carbonyl (C=O) groups is 1. The Bertz CT molecular complexity index is 636. The summed E-state index contributed by atoms with van der Waals surface area (Å²) in [5.41, 5.74) is 1.66. The van der Waals surface area contributed by atoms with Crippen LogP contribution in [0.2, 0.25) is 0 Å². The molecule has 2 aromatic rings. The number of rotatable bonds is 3. The number of fused-ring (bicyclic) bond motifs is 1. The SMILES string of the molecule is N#CCOC(=O)/C=C/c1cccc2cccnc12. The highest BCUT2D eigenvalue weighted by Gasteiger charge is 2.00. The van der Waals surface area contributed by atoms with Gasteiger partial charge in [0.2, 0.25) is 0 Å². The number of benzene rings is 1. The van der Waals surface area contributed by atoms with Gasteiger partial charge in [-0.15, -0.1) is 0 Å². The molecular formula is C14H10N2O2. The van der Waals surface area contributed by atoms with E-state index in [2.05, 4.69) is 9.72 Å². The number of nitrogens with zero attached hydrogens (tertiary/aromatic N) is 2. The number of pyridine rings is 1. The summed E-state index contributed by atoms with van der Waals surface area (Å²) in [6, 6.07) is 11.3. The van der Waals surface area contributed by atoms with E-state index in [1.54, 1.807) is 18.3 Å². The van der Waals surface area contributed by atoms with Crippen LogP contribution in [-0.2, 0) is 9.53 Å². The summed E-state index contributed by atoms with van der Waals surface area (Å²) in [5, 5.41) is 9.29. The van der Waals surface area contributed by atoms with Gasteiger partial charge >= 0.3 is 5.97 Å². The first-order chi connectivity index (χ1) is 8.81. The Morgan fingerprint density at radius 2 is 2.22 bits per heavy atom. The standard InChI is InChI=1S/C14H10N2O2/c15-8-10-18-13(17)7-6-12-4-1-3-11-5-2-9-16-14(11)12/h1-7,9H,10H2/b7-6+. The van der Waals surface area contributed by atoms with E-state index in [4.69, 9.17) is 5.26 Å². The summed E-state index contributed by atoms with van der Waals surface area (Å²) in [6.45, 7) is -0.239. The molecule has 0 radical (unpaired) electrons. The van der Waals surface area contributed by atoms with Gasteiger partial charge in [-0.25, -0.2) is 4.79 Å². The smallest absolute Gasteiger partial charge is 0.331 e. The summed E-state index contributed by atoms with van der Waals surface area (Å²) >= 11 is 0. The van der Waals surface area contributed by atoms with Gasteiger partial charge in [0.15, 0.2) is 6.61 Å². The molecule has 0 saturated carbocycles. The molecule has 1 heterocycles. The third-order valence-electron chi connectivity index (χ3n) is 2.34. The molecular weight excluding hydrogens is 228 g/mol. The van der Waals surface area contributed by atoms with Crippen molar-refractivity contribution < 1.29 is 9.53 Å². The fourth-order valence-corrected chi connectivity index (χ4v) is 1.57. The molecule has 0 aliphatic rings. The second-order valence-corrected chi connectivity index (χ2v) is 3.52. The molecule has 0 amide bonds. The van der Waals surface area contributed by atoms with Gasteiger partial charge in [0.05, 0.1) is 5.52 Å². The molecule has 2 rings (SSSR count). The molecule has 0 N–H and O–H groups in total.